The Morgan fingerprint density at radius 2 is 2.00 bits per heavy atom. The molecule has 0 aromatic carbocycles. The molecule has 0 unspecified atom stereocenters. The third kappa shape index (κ3) is 0.968. The molecule has 0 aromatic rings. The molecule has 0 amide bonds. The SMILES string of the molecule is [NH3+]CC1CC(F)(F)C1. The minimum Gasteiger partial charge on any atom is -0.357 e. The molecule has 0 saturated heterocycles. The Balaban J connectivity index is 2.21. The van der Waals surface area contributed by atoms with Crippen LogP contribution in [-0.2, 0) is 0 Å². The summed E-state index contributed by atoms with van der Waals surface area (Å²) in [7, 11) is 0. The number of alkyl halides is 2. The highest BCUT2D eigenvalue weighted by Gasteiger charge is 2.45. The minimum atomic E-state index is -2.34. The standard InChI is InChI=1S/C5H9F2N/c6-5(7)1-4(2-5)3-8/h4H,1-3,8H2/p+1. The highest BCUT2D eigenvalue weighted by atomic mass is 19.3. The van der Waals surface area contributed by atoms with Gasteiger partial charge in [0.15, 0.2) is 0 Å². The topological polar surface area (TPSA) is 27.6 Å². The van der Waals surface area contributed by atoms with Crippen molar-refractivity contribution in [1.82, 2.24) is 0 Å². The first-order valence-electron chi connectivity index (χ1n) is 2.81. The Bertz CT molecular complexity index is 84.4. The van der Waals surface area contributed by atoms with Gasteiger partial charge in [0, 0.05) is 18.8 Å². The maximum absolute atomic E-state index is 11.9. The summed E-state index contributed by atoms with van der Waals surface area (Å²) in [5.41, 5.74) is 3.54. The van der Waals surface area contributed by atoms with Crippen molar-refractivity contribution in [1.29, 1.82) is 0 Å². The summed E-state index contributed by atoms with van der Waals surface area (Å²) in [4.78, 5) is 0. The van der Waals surface area contributed by atoms with E-state index >= 15 is 0 Å². The third-order valence-corrected chi connectivity index (χ3v) is 1.58. The van der Waals surface area contributed by atoms with Crippen LogP contribution in [0.2, 0.25) is 0 Å². The zero-order valence-corrected chi connectivity index (χ0v) is 4.66. The average molecular weight is 122 g/mol. The van der Waals surface area contributed by atoms with Gasteiger partial charge in [-0.3, -0.25) is 0 Å². The van der Waals surface area contributed by atoms with E-state index in [1.807, 2.05) is 0 Å². The molecule has 0 spiro atoms. The number of hydrogen-bond donors (Lipinski definition) is 1. The van der Waals surface area contributed by atoms with Crippen molar-refractivity contribution in [3.63, 3.8) is 0 Å². The Labute approximate surface area is 46.9 Å². The fraction of sp³-hybridized carbons (Fsp3) is 1.00. The summed E-state index contributed by atoms with van der Waals surface area (Å²) < 4.78 is 23.9. The summed E-state index contributed by atoms with van der Waals surface area (Å²) >= 11 is 0. The smallest absolute Gasteiger partial charge is 0.249 e. The van der Waals surface area contributed by atoms with Crippen LogP contribution in [0.1, 0.15) is 12.8 Å². The van der Waals surface area contributed by atoms with Crippen molar-refractivity contribution in [2.75, 3.05) is 6.54 Å². The van der Waals surface area contributed by atoms with E-state index in [0.717, 1.165) is 0 Å². The normalized spacial score (nSPS) is 27.4. The summed E-state index contributed by atoms with van der Waals surface area (Å²) in [5.74, 6) is -2.15. The predicted molar refractivity (Wildman–Crippen MR) is 25.4 cm³/mol. The highest BCUT2D eigenvalue weighted by molar-refractivity contribution is 4.84. The van der Waals surface area contributed by atoms with Crippen LogP contribution in [0, 0.1) is 5.92 Å². The van der Waals surface area contributed by atoms with E-state index in [1.165, 1.54) is 0 Å². The van der Waals surface area contributed by atoms with Crippen LogP contribution >= 0.6 is 0 Å². The first-order valence-corrected chi connectivity index (χ1v) is 2.81. The van der Waals surface area contributed by atoms with Gasteiger partial charge in [-0.15, -0.1) is 0 Å². The molecule has 0 bridgehead atoms. The van der Waals surface area contributed by atoms with Crippen molar-refractivity contribution in [2.24, 2.45) is 5.92 Å². The van der Waals surface area contributed by atoms with Crippen molar-refractivity contribution >= 4 is 0 Å². The first-order chi connectivity index (χ1) is 3.64. The Kier molecular flexibility index (Phi) is 1.23. The fourth-order valence-corrected chi connectivity index (χ4v) is 0.989. The zero-order chi connectivity index (χ0) is 6.20. The minimum absolute atomic E-state index is 0.0660. The number of rotatable bonds is 1. The lowest BCUT2D eigenvalue weighted by Gasteiger charge is -2.32. The van der Waals surface area contributed by atoms with Crippen LogP contribution < -0.4 is 5.73 Å². The van der Waals surface area contributed by atoms with Crippen molar-refractivity contribution in [3.05, 3.63) is 0 Å². The zero-order valence-electron chi connectivity index (χ0n) is 4.66. The lowest BCUT2D eigenvalue weighted by Crippen LogP contribution is -2.58. The molecule has 0 atom stereocenters. The predicted octanol–water partition coefficient (Wildman–Crippen LogP) is 0.274. The molecule has 1 nitrogen and oxygen atoms in total. The molecule has 0 heterocycles. The van der Waals surface area contributed by atoms with E-state index in [4.69, 9.17) is 0 Å². The van der Waals surface area contributed by atoms with E-state index in [0.29, 0.717) is 6.54 Å². The average Bonchev–Trinajstić information content (AvgIpc) is 1.60. The van der Waals surface area contributed by atoms with Crippen LogP contribution in [0.4, 0.5) is 8.78 Å². The second kappa shape index (κ2) is 1.65. The molecule has 3 heteroatoms. The van der Waals surface area contributed by atoms with E-state index < -0.39 is 5.92 Å². The lowest BCUT2D eigenvalue weighted by atomic mass is 9.82. The van der Waals surface area contributed by atoms with Gasteiger partial charge < -0.3 is 5.73 Å². The molecule has 1 aliphatic carbocycles. The molecule has 8 heavy (non-hydrogen) atoms. The quantitative estimate of drug-likeness (QED) is 0.517. The van der Waals surface area contributed by atoms with Gasteiger partial charge in [0.25, 0.3) is 0 Å². The number of halogens is 2. The van der Waals surface area contributed by atoms with Crippen molar-refractivity contribution in [2.45, 2.75) is 18.8 Å². The molecule has 3 N–H and O–H groups in total. The maximum atomic E-state index is 11.9. The Morgan fingerprint density at radius 1 is 1.50 bits per heavy atom. The van der Waals surface area contributed by atoms with Crippen LogP contribution in [0.5, 0.6) is 0 Å². The van der Waals surface area contributed by atoms with E-state index in [9.17, 15) is 8.78 Å². The molecule has 1 rings (SSSR count). The molecule has 1 saturated carbocycles. The van der Waals surface area contributed by atoms with E-state index in [1.54, 1.807) is 0 Å². The van der Waals surface area contributed by atoms with Gasteiger partial charge in [-0.25, -0.2) is 8.78 Å². The van der Waals surface area contributed by atoms with Gasteiger partial charge in [0.2, 0.25) is 5.92 Å². The fourth-order valence-electron chi connectivity index (χ4n) is 0.989. The van der Waals surface area contributed by atoms with Gasteiger partial charge in [-0.05, 0) is 0 Å². The van der Waals surface area contributed by atoms with E-state index in [-0.39, 0.29) is 18.8 Å². The van der Waals surface area contributed by atoms with Gasteiger partial charge in [0.1, 0.15) is 0 Å². The number of hydrogen-bond acceptors (Lipinski definition) is 0. The summed E-state index contributed by atoms with van der Waals surface area (Å²) in [6.07, 6.45) is 0.132. The second-order valence-corrected chi connectivity index (χ2v) is 2.42. The van der Waals surface area contributed by atoms with Crippen LogP contribution in [0.15, 0.2) is 0 Å². The Morgan fingerprint density at radius 3 is 2.12 bits per heavy atom. The molecule has 48 valence electrons. The lowest BCUT2D eigenvalue weighted by molar-refractivity contribution is -0.391. The molecular weight excluding hydrogens is 112 g/mol. The molecular formula is C5H10F2N+. The maximum Gasteiger partial charge on any atom is 0.249 e. The summed E-state index contributed by atoms with van der Waals surface area (Å²) in [6.45, 7) is 0.662. The highest BCUT2D eigenvalue weighted by Crippen LogP contribution is 2.41. The van der Waals surface area contributed by atoms with Crippen molar-refractivity contribution in [3.8, 4) is 0 Å². The Hall–Kier alpha value is -0.180. The molecule has 0 aliphatic heterocycles. The van der Waals surface area contributed by atoms with E-state index in [2.05, 4.69) is 5.73 Å². The monoisotopic (exact) mass is 122 g/mol. The summed E-state index contributed by atoms with van der Waals surface area (Å²) in [6, 6.07) is 0. The largest absolute Gasteiger partial charge is 0.357 e. The van der Waals surface area contributed by atoms with Crippen LogP contribution in [-0.4, -0.2) is 12.5 Å². The molecule has 0 radical (unpaired) electrons. The van der Waals surface area contributed by atoms with Gasteiger partial charge in [-0.2, -0.15) is 0 Å². The first kappa shape index (κ1) is 5.95. The van der Waals surface area contributed by atoms with Gasteiger partial charge in [-0.1, -0.05) is 0 Å². The third-order valence-electron chi connectivity index (χ3n) is 1.58. The summed E-state index contributed by atoms with van der Waals surface area (Å²) in [5, 5.41) is 0. The van der Waals surface area contributed by atoms with Crippen LogP contribution in [0.3, 0.4) is 0 Å². The van der Waals surface area contributed by atoms with Crippen LogP contribution in [0.25, 0.3) is 0 Å². The molecule has 1 fully saturated rings. The van der Waals surface area contributed by atoms with Crippen molar-refractivity contribution < 1.29 is 14.5 Å². The second-order valence-electron chi connectivity index (χ2n) is 2.42. The molecule has 0 aromatic heterocycles. The van der Waals surface area contributed by atoms with Gasteiger partial charge in [0.05, 0.1) is 6.54 Å². The van der Waals surface area contributed by atoms with Gasteiger partial charge >= 0.3 is 0 Å². The molecule has 1 aliphatic rings. The number of quaternary nitrogens is 1.